The van der Waals surface area contributed by atoms with E-state index in [0.717, 1.165) is 4.90 Å². The van der Waals surface area contributed by atoms with Gasteiger partial charge < -0.3 is 18.8 Å². The Kier molecular flexibility index (Phi) is 5.90. The van der Waals surface area contributed by atoms with E-state index < -0.39 is 12.5 Å². The van der Waals surface area contributed by atoms with Gasteiger partial charge in [-0.2, -0.15) is 0 Å². The first-order chi connectivity index (χ1) is 13.1. The van der Waals surface area contributed by atoms with Crippen LogP contribution < -0.4 is 14.4 Å². The summed E-state index contributed by atoms with van der Waals surface area (Å²) >= 11 is 0. The standard InChI is InChI=1S/C18H21F2N3O4/c1-3-26-12-4-5-13-15(8-12)27-7-6-22-9-16(21-18(13)22)23(11-24)14(10-25-2)17(19)20/h4-5,8-9,11,14,17H,3,6-7,10H2,1-2H3. The summed E-state index contributed by atoms with van der Waals surface area (Å²) in [5.41, 5.74) is 0.702. The quantitative estimate of drug-likeness (QED) is 0.658. The van der Waals surface area contributed by atoms with Crippen molar-refractivity contribution in [1.82, 2.24) is 9.55 Å². The first-order valence-electron chi connectivity index (χ1n) is 8.57. The van der Waals surface area contributed by atoms with Gasteiger partial charge in [-0.3, -0.25) is 9.69 Å². The Balaban J connectivity index is 2.00. The Hall–Kier alpha value is -2.68. The largest absolute Gasteiger partial charge is 0.494 e. The minimum atomic E-state index is -2.76. The summed E-state index contributed by atoms with van der Waals surface area (Å²) in [6.45, 7) is 2.97. The first kappa shape index (κ1) is 19.1. The predicted octanol–water partition coefficient (Wildman–Crippen LogP) is 2.58. The summed E-state index contributed by atoms with van der Waals surface area (Å²) in [6.07, 6.45) is -0.835. The highest BCUT2D eigenvalue weighted by Gasteiger charge is 2.30. The summed E-state index contributed by atoms with van der Waals surface area (Å²) in [7, 11) is 1.31. The van der Waals surface area contributed by atoms with E-state index in [-0.39, 0.29) is 12.4 Å². The molecule has 3 rings (SSSR count). The average molecular weight is 381 g/mol. The molecule has 1 unspecified atom stereocenters. The summed E-state index contributed by atoms with van der Waals surface area (Å²) in [5.74, 6) is 1.95. The lowest BCUT2D eigenvalue weighted by Crippen LogP contribution is -2.43. The van der Waals surface area contributed by atoms with E-state index in [0.29, 0.717) is 49.1 Å². The number of hydrogen-bond donors (Lipinski definition) is 0. The van der Waals surface area contributed by atoms with Crippen LogP contribution in [0.1, 0.15) is 6.92 Å². The second-order valence-corrected chi connectivity index (χ2v) is 5.93. The van der Waals surface area contributed by atoms with Gasteiger partial charge in [-0.1, -0.05) is 0 Å². The lowest BCUT2D eigenvalue weighted by molar-refractivity contribution is -0.109. The molecule has 0 radical (unpaired) electrons. The van der Waals surface area contributed by atoms with Crippen LogP contribution >= 0.6 is 0 Å². The molecule has 0 N–H and O–H groups in total. The van der Waals surface area contributed by atoms with Crippen LogP contribution in [0.15, 0.2) is 24.4 Å². The molecule has 2 aromatic rings. The fraction of sp³-hybridized carbons (Fsp3) is 0.444. The third-order valence-electron chi connectivity index (χ3n) is 4.22. The summed E-state index contributed by atoms with van der Waals surface area (Å²) in [4.78, 5) is 16.9. The lowest BCUT2D eigenvalue weighted by Gasteiger charge is -2.25. The van der Waals surface area contributed by atoms with Crippen LogP contribution in [0.2, 0.25) is 0 Å². The van der Waals surface area contributed by atoms with Crippen molar-refractivity contribution >= 4 is 12.2 Å². The highest BCUT2D eigenvalue weighted by Crippen LogP contribution is 2.36. The Morgan fingerprint density at radius 2 is 2.26 bits per heavy atom. The molecule has 146 valence electrons. The molecule has 1 atom stereocenters. The second-order valence-electron chi connectivity index (χ2n) is 5.93. The molecule has 7 nitrogen and oxygen atoms in total. The molecule has 1 aromatic carbocycles. The van der Waals surface area contributed by atoms with Crippen molar-refractivity contribution in [3.63, 3.8) is 0 Å². The molecule has 1 aliphatic rings. The molecular weight excluding hydrogens is 360 g/mol. The van der Waals surface area contributed by atoms with Crippen molar-refractivity contribution in [3.05, 3.63) is 24.4 Å². The van der Waals surface area contributed by atoms with E-state index in [1.807, 2.05) is 6.92 Å². The van der Waals surface area contributed by atoms with Gasteiger partial charge >= 0.3 is 0 Å². The van der Waals surface area contributed by atoms with Crippen LogP contribution in [-0.4, -0.2) is 55.4 Å². The highest BCUT2D eigenvalue weighted by atomic mass is 19.3. The number of nitrogens with zero attached hydrogens (tertiary/aromatic N) is 3. The number of aromatic nitrogens is 2. The van der Waals surface area contributed by atoms with Gasteiger partial charge in [0, 0.05) is 19.4 Å². The zero-order chi connectivity index (χ0) is 19.4. The first-order valence-corrected chi connectivity index (χ1v) is 8.57. The zero-order valence-corrected chi connectivity index (χ0v) is 15.1. The lowest BCUT2D eigenvalue weighted by atomic mass is 10.2. The summed E-state index contributed by atoms with van der Waals surface area (Å²) in [5, 5.41) is 0. The number of carbonyl (C=O) groups excluding carboxylic acids is 1. The molecule has 9 heteroatoms. The Morgan fingerprint density at radius 3 is 2.93 bits per heavy atom. The fourth-order valence-electron chi connectivity index (χ4n) is 2.98. The van der Waals surface area contributed by atoms with Gasteiger partial charge in [-0.15, -0.1) is 0 Å². The minimum Gasteiger partial charge on any atom is -0.494 e. The van der Waals surface area contributed by atoms with Gasteiger partial charge in [0.2, 0.25) is 6.41 Å². The highest BCUT2D eigenvalue weighted by molar-refractivity contribution is 5.76. The van der Waals surface area contributed by atoms with Gasteiger partial charge in [0.05, 0.1) is 25.3 Å². The molecule has 0 aliphatic carbocycles. The molecule has 0 bridgehead atoms. The van der Waals surface area contributed by atoms with Crippen molar-refractivity contribution in [1.29, 1.82) is 0 Å². The van der Waals surface area contributed by atoms with Crippen LogP contribution in [0.25, 0.3) is 11.4 Å². The number of carbonyl (C=O) groups is 1. The van der Waals surface area contributed by atoms with E-state index >= 15 is 0 Å². The maximum atomic E-state index is 13.4. The maximum absolute atomic E-state index is 13.4. The van der Waals surface area contributed by atoms with Crippen molar-refractivity contribution in [3.8, 4) is 22.9 Å². The number of methoxy groups -OCH3 is 1. The van der Waals surface area contributed by atoms with Gasteiger partial charge in [0.1, 0.15) is 30.0 Å². The van der Waals surface area contributed by atoms with Crippen molar-refractivity contribution in [2.24, 2.45) is 0 Å². The Bertz CT molecular complexity index is 797. The number of imidazole rings is 1. The molecule has 0 fully saturated rings. The third-order valence-corrected chi connectivity index (χ3v) is 4.22. The number of rotatable bonds is 8. The van der Waals surface area contributed by atoms with Crippen LogP contribution in [0.3, 0.4) is 0 Å². The van der Waals surface area contributed by atoms with Crippen LogP contribution in [0.5, 0.6) is 11.5 Å². The van der Waals surface area contributed by atoms with E-state index in [2.05, 4.69) is 4.98 Å². The number of fused-ring (bicyclic) bond motifs is 3. The zero-order valence-electron chi connectivity index (χ0n) is 15.1. The van der Waals surface area contributed by atoms with Crippen molar-refractivity contribution < 1.29 is 27.8 Å². The van der Waals surface area contributed by atoms with Crippen LogP contribution in [-0.2, 0) is 16.1 Å². The van der Waals surface area contributed by atoms with E-state index in [1.165, 1.54) is 7.11 Å². The normalized spacial score (nSPS) is 14.0. The molecule has 27 heavy (non-hydrogen) atoms. The molecular formula is C18H21F2N3O4. The summed E-state index contributed by atoms with van der Waals surface area (Å²) < 4.78 is 44.6. The predicted molar refractivity (Wildman–Crippen MR) is 94.5 cm³/mol. The molecule has 1 aliphatic heterocycles. The molecule has 1 aromatic heterocycles. The number of benzene rings is 1. The fourth-order valence-corrected chi connectivity index (χ4v) is 2.98. The molecule has 0 spiro atoms. The van der Waals surface area contributed by atoms with Crippen molar-refractivity contribution in [2.75, 3.05) is 31.8 Å². The topological polar surface area (TPSA) is 65.8 Å². The Labute approximate surface area is 155 Å². The monoisotopic (exact) mass is 381 g/mol. The number of ether oxygens (including phenoxy) is 3. The number of alkyl halides is 2. The average Bonchev–Trinajstić information content (AvgIpc) is 2.98. The Morgan fingerprint density at radius 1 is 1.44 bits per heavy atom. The number of anilines is 1. The van der Waals surface area contributed by atoms with E-state index in [1.54, 1.807) is 29.0 Å². The van der Waals surface area contributed by atoms with Gasteiger partial charge in [0.25, 0.3) is 6.43 Å². The van der Waals surface area contributed by atoms with Gasteiger partial charge in [-0.25, -0.2) is 13.8 Å². The number of hydrogen-bond acceptors (Lipinski definition) is 5. The van der Waals surface area contributed by atoms with Crippen molar-refractivity contribution in [2.45, 2.75) is 25.9 Å². The molecule has 1 amide bonds. The molecule has 0 saturated carbocycles. The molecule has 2 heterocycles. The SMILES string of the molecule is CCOc1ccc2c(c1)OCCn1cc(N(C=O)C(COC)C(F)F)nc1-2. The summed E-state index contributed by atoms with van der Waals surface area (Å²) in [6, 6.07) is 3.95. The van der Waals surface area contributed by atoms with Crippen LogP contribution in [0.4, 0.5) is 14.6 Å². The number of amides is 1. The maximum Gasteiger partial charge on any atom is 0.261 e. The van der Waals surface area contributed by atoms with Gasteiger partial charge in [-0.05, 0) is 19.1 Å². The molecule has 0 saturated heterocycles. The second kappa shape index (κ2) is 8.34. The third kappa shape index (κ3) is 3.87. The van der Waals surface area contributed by atoms with E-state index in [4.69, 9.17) is 14.2 Å². The number of halogens is 2. The smallest absolute Gasteiger partial charge is 0.261 e. The van der Waals surface area contributed by atoms with E-state index in [9.17, 15) is 13.6 Å². The minimum absolute atomic E-state index is 0.143. The van der Waals surface area contributed by atoms with Crippen LogP contribution in [0, 0.1) is 0 Å². The van der Waals surface area contributed by atoms with Gasteiger partial charge in [0.15, 0.2) is 5.82 Å².